The molecule has 5 nitrogen and oxygen atoms in total. The Bertz CT molecular complexity index is 731. The van der Waals surface area contributed by atoms with Crippen molar-refractivity contribution in [3.05, 3.63) is 47.5 Å². The highest BCUT2D eigenvalue weighted by Gasteiger charge is 2.22. The van der Waals surface area contributed by atoms with Crippen molar-refractivity contribution in [1.29, 1.82) is 0 Å². The Morgan fingerprint density at radius 2 is 1.88 bits per heavy atom. The van der Waals surface area contributed by atoms with Gasteiger partial charge >= 0.3 is 0 Å². The molecular weight excluding hydrogens is 317 g/mol. The molecule has 0 bridgehead atoms. The highest BCUT2D eigenvalue weighted by atomic mass is 19.1. The van der Waals surface area contributed by atoms with Crippen LogP contribution < -0.4 is 0 Å². The van der Waals surface area contributed by atoms with Crippen molar-refractivity contribution in [2.45, 2.75) is 51.1 Å². The van der Waals surface area contributed by atoms with Gasteiger partial charge in [0.05, 0.1) is 12.6 Å². The van der Waals surface area contributed by atoms with Crippen LogP contribution in [0.15, 0.2) is 30.3 Å². The standard InChI is InChI=1S/C19H24FN5/c20-17-8-6-15(7-9-17)16-10-12-24(13-11-16)14-19-21-22-23-25(19)18-4-2-1-3-5-18/h6-10,18H,1-5,11-14H2. The van der Waals surface area contributed by atoms with Crippen LogP contribution in [0.4, 0.5) is 4.39 Å². The van der Waals surface area contributed by atoms with E-state index in [-0.39, 0.29) is 5.82 Å². The number of aromatic nitrogens is 4. The molecule has 4 rings (SSSR count). The van der Waals surface area contributed by atoms with Gasteiger partial charge in [-0.1, -0.05) is 37.5 Å². The van der Waals surface area contributed by atoms with Gasteiger partial charge in [0.15, 0.2) is 5.82 Å². The van der Waals surface area contributed by atoms with Crippen LogP contribution in [-0.4, -0.2) is 38.2 Å². The molecule has 0 saturated heterocycles. The third-order valence-electron chi connectivity index (χ3n) is 5.35. The second-order valence-electron chi connectivity index (χ2n) is 7.05. The van der Waals surface area contributed by atoms with Crippen molar-refractivity contribution < 1.29 is 4.39 Å². The van der Waals surface area contributed by atoms with E-state index in [4.69, 9.17) is 0 Å². The molecule has 0 atom stereocenters. The van der Waals surface area contributed by atoms with Gasteiger partial charge < -0.3 is 0 Å². The number of tetrazole rings is 1. The van der Waals surface area contributed by atoms with Crippen LogP contribution in [0.1, 0.15) is 56.0 Å². The molecule has 1 aromatic carbocycles. The maximum atomic E-state index is 13.1. The summed E-state index contributed by atoms with van der Waals surface area (Å²) in [6.45, 7) is 2.64. The minimum Gasteiger partial charge on any atom is -0.292 e. The zero-order valence-electron chi connectivity index (χ0n) is 14.4. The molecule has 6 heteroatoms. The van der Waals surface area contributed by atoms with E-state index >= 15 is 0 Å². The number of rotatable bonds is 4. The lowest BCUT2D eigenvalue weighted by molar-refractivity contribution is 0.260. The second-order valence-corrected chi connectivity index (χ2v) is 7.05. The fourth-order valence-corrected chi connectivity index (χ4v) is 3.91. The molecular formula is C19H24FN5. The molecule has 1 aliphatic carbocycles. The summed E-state index contributed by atoms with van der Waals surface area (Å²) in [5.74, 6) is 0.793. The molecule has 1 saturated carbocycles. The summed E-state index contributed by atoms with van der Waals surface area (Å²) in [4.78, 5) is 2.37. The third kappa shape index (κ3) is 3.79. The van der Waals surface area contributed by atoms with Gasteiger partial charge in [0.2, 0.25) is 0 Å². The zero-order chi connectivity index (χ0) is 17.1. The first-order valence-electron chi connectivity index (χ1n) is 9.23. The lowest BCUT2D eigenvalue weighted by atomic mass is 9.95. The van der Waals surface area contributed by atoms with Crippen LogP contribution in [0.25, 0.3) is 5.57 Å². The molecule has 2 heterocycles. The minimum absolute atomic E-state index is 0.184. The third-order valence-corrected chi connectivity index (χ3v) is 5.35. The van der Waals surface area contributed by atoms with Crippen molar-refractivity contribution in [3.8, 4) is 0 Å². The number of benzene rings is 1. The van der Waals surface area contributed by atoms with Crippen LogP contribution in [0.2, 0.25) is 0 Å². The lowest BCUT2D eigenvalue weighted by Crippen LogP contribution is -2.30. The maximum absolute atomic E-state index is 13.1. The molecule has 1 aliphatic heterocycles. The Hall–Kier alpha value is -2.08. The van der Waals surface area contributed by atoms with E-state index < -0.39 is 0 Å². The van der Waals surface area contributed by atoms with Gasteiger partial charge in [0, 0.05) is 13.1 Å². The minimum atomic E-state index is -0.184. The van der Waals surface area contributed by atoms with Crippen LogP contribution in [0.3, 0.4) is 0 Å². The van der Waals surface area contributed by atoms with Crippen molar-refractivity contribution >= 4 is 5.57 Å². The van der Waals surface area contributed by atoms with Gasteiger partial charge in [-0.2, -0.15) is 0 Å². The molecule has 2 aliphatic rings. The van der Waals surface area contributed by atoms with Crippen LogP contribution in [-0.2, 0) is 6.54 Å². The second kappa shape index (κ2) is 7.44. The average Bonchev–Trinajstić information content (AvgIpc) is 3.12. The molecule has 132 valence electrons. The number of halogens is 1. The highest BCUT2D eigenvalue weighted by Crippen LogP contribution is 2.28. The Morgan fingerprint density at radius 3 is 2.60 bits per heavy atom. The van der Waals surface area contributed by atoms with Crippen molar-refractivity contribution in [3.63, 3.8) is 0 Å². The molecule has 2 aromatic rings. The van der Waals surface area contributed by atoms with E-state index in [1.54, 1.807) is 0 Å². The van der Waals surface area contributed by atoms with Crippen molar-refractivity contribution in [1.82, 2.24) is 25.1 Å². The lowest BCUT2D eigenvalue weighted by Gasteiger charge is -2.27. The summed E-state index contributed by atoms with van der Waals surface area (Å²) >= 11 is 0. The number of hydrogen-bond donors (Lipinski definition) is 0. The summed E-state index contributed by atoms with van der Waals surface area (Å²) in [5, 5.41) is 12.4. The fraction of sp³-hybridized carbons (Fsp3) is 0.526. The summed E-state index contributed by atoms with van der Waals surface area (Å²) in [7, 11) is 0. The van der Waals surface area contributed by atoms with E-state index in [1.807, 2.05) is 12.1 Å². The largest absolute Gasteiger partial charge is 0.292 e. The predicted molar refractivity (Wildman–Crippen MR) is 94.2 cm³/mol. The van der Waals surface area contributed by atoms with Crippen molar-refractivity contribution in [2.75, 3.05) is 13.1 Å². The zero-order valence-corrected chi connectivity index (χ0v) is 14.4. The van der Waals surface area contributed by atoms with Gasteiger partial charge in [-0.05, 0) is 53.0 Å². The van der Waals surface area contributed by atoms with E-state index in [0.717, 1.165) is 37.4 Å². The normalized spacial score (nSPS) is 19.8. The first-order chi connectivity index (χ1) is 12.3. The Labute approximate surface area is 147 Å². The molecule has 0 amide bonds. The first kappa shape index (κ1) is 16.4. The van der Waals surface area contributed by atoms with E-state index in [0.29, 0.717) is 6.04 Å². The monoisotopic (exact) mass is 341 g/mol. The summed E-state index contributed by atoms with van der Waals surface area (Å²) in [6, 6.07) is 7.25. The Morgan fingerprint density at radius 1 is 1.08 bits per heavy atom. The molecule has 0 N–H and O–H groups in total. The van der Waals surface area contributed by atoms with Crippen LogP contribution >= 0.6 is 0 Å². The summed E-state index contributed by atoms with van der Waals surface area (Å²) in [6.07, 6.45) is 9.47. The highest BCUT2D eigenvalue weighted by molar-refractivity contribution is 5.66. The van der Waals surface area contributed by atoms with Gasteiger partial charge in [-0.3, -0.25) is 4.90 Å². The van der Waals surface area contributed by atoms with Gasteiger partial charge in [0.1, 0.15) is 5.82 Å². The average molecular weight is 341 g/mol. The van der Waals surface area contributed by atoms with E-state index in [9.17, 15) is 4.39 Å². The number of nitrogens with zero attached hydrogens (tertiary/aromatic N) is 5. The van der Waals surface area contributed by atoms with Crippen molar-refractivity contribution in [2.24, 2.45) is 0 Å². The first-order valence-corrected chi connectivity index (χ1v) is 9.23. The molecule has 1 fully saturated rings. The molecule has 1 aromatic heterocycles. The van der Waals surface area contributed by atoms with E-state index in [1.165, 1.54) is 49.8 Å². The maximum Gasteiger partial charge on any atom is 0.165 e. The van der Waals surface area contributed by atoms with Gasteiger partial charge in [-0.25, -0.2) is 9.07 Å². The van der Waals surface area contributed by atoms with E-state index in [2.05, 4.69) is 31.2 Å². The SMILES string of the molecule is Fc1ccc(C2=CCN(Cc3nnnn3C3CCCCC3)CC2)cc1. The Kier molecular flexibility index (Phi) is 4.88. The van der Waals surface area contributed by atoms with Gasteiger partial charge in [0.25, 0.3) is 0 Å². The quantitative estimate of drug-likeness (QED) is 0.852. The molecule has 25 heavy (non-hydrogen) atoms. The smallest absolute Gasteiger partial charge is 0.165 e. The predicted octanol–water partition coefficient (Wildman–Crippen LogP) is 3.61. The molecule has 0 radical (unpaired) electrons. The summed E-state index contributed by atoms with van der Waals surface area (Å²) in [5.41, 5.74) is 2.41. The van der Waals surface area contributed by atoms with Gasteiger partial charge in [-0.15, -0.1) is 5.10 Å². The Balaban J connectivity index is 1.40. The molecule has 0 spiro atoms. The summed E-state index contributed by atoms with van der Waals surface area (Å²) < 4.78 is 15.1. The topological polar surface area (TPSA) is 46.8 Å². The molecule has 0 unspecified atom stereocenters. The van der Waals surface area contributed by atoms with Crippen LogP contribution in [0, 0.1) is 5.82 Å². The number of hydrogen-bond acceptors (Lipinski definition) is 4. The van der Waals surface area contributed by atoms with Crippen LogP contribution in [0.5, 0.6) is 0 Å². The fourth-order valence-electron chi connectivity index (χ4n) is 3.91.